The van der Waals surface area contributed by atoms with Crippen LogP contribution in [0, 0.1) is 11.3 Å². The van der Waals surface area contributed by atoms with Crippen LogP contribution >= 0.6 is 0 Å². The lowest BCUT2D eigenvalue weighted by atomic mass is 10.1. The molecule has 1 amide bonds. The molecule has 0 saturated heterocycles. The van der Waals surface area contributed by atoms with Crippen molar-refractivity contribution in [2.75, 3.05) is 11.9 Å². The van der Waals surface area contributed by atoms with E-state index >= 15 is 0 Å². The summed E-state index contributed by atoms with van der Waals surface area (Å²) >= 11 is 0. The molecular weight excluding hydrogens is 236 g/mol. The molecule has 1 aliphatic rings. The first-order valence-corrected chi connectivity index (χ1v) is 7.08. The summed E-state index contributed by atoms with van der Waals surface area (Å²) in [6, 6.07) is 8.40. The van der Waals surface area contributed by atoms with Crippen molar-refractivity contribution < 1.29 is 4.79 Å². The first kappa shape index (κ1) is 14.1. The molecule has 2 atom stereocenters. The summed E-state index contributed by atoms with van der Waals surface area (Å²) in [7, 11) is 0. The number of amides is 1. The maximum atomic E-state index is 12.1. The fourth-order valence-corrected chi connectivity index (χ4v) is 2.45. The smallest absolute Gasteiger partial charge is 0.228 e. The summed E-state index contributed by atoms with van der Waals surface area (Å²) in [6.45, 7) is 9.45. The van der Waals surface area contributed by atoms with Crippen molar-refractivity contribution in [3.63, 3.8) is 0 Å². The van der Waals surface area contributed by atoms with Crippen LogP contribution in [-0.4, -0.2) is 12.5 Å². The van der Waals surface area contributed by atoms with Crippen LogP contribution in [0.1, 0.15) is 45.7 Å². The van der Waals surface area contributed by atoms with Gasteiger partial charge >= 0.3 is 0 Å². The quantitative estimate of drug-likeness (QED) is 0.852. The minimum Gasteiger partial charge on any atom is -0.326 e. The van der Waals surface area contributed by atoms with Crippen LogP contribution < -0.4 is 10.6 Å². The maximum absolute atomic E-state index is 12.1. The number of rotatable bonds is 5. The van der Waals surface area contributed by atoms with Crippen molar-refractivity contribution in [1.29, 1.82) is 0 Å². The van der Waals surface area contributed by atoms with Crippen molar-refractivity contribution in [2.45, 2.75) is 40.2 Å². The third-order valence-corrected chi connectivity index (χ3v) is 3.99. The lowest BCUT2D eigenvalue weighted by Crippen LogP contribution is -2.19. The van der Waals surface area contributed by atoms with E-state index in [0.717, 1.165) is 18.7 Å². The standard InChI is InChI=1S/C16H24N2O/c1-5-17-11(2)12-7-6-8-13(9-12)18-15(19)14-10-16(14,3)4/h6-9,11,14,17H,5,10H2,1-4H3,(H,18,19). The molecule has 0 aromatic heterocycles. The van der Waals surface area contributed by atoms with Gasteiger partial charge in [-0.2, -0.15) is 0 Å². The summed E-state index contributed by atoms with van der Waals surface area (Å²) in [5.41, 5.74) is 2.28. The Morgan fingerprint density at radius 3 is 2.74 bits per heavy atom. The van der Waals surface area contributed by atoms with Crippen LogP contribution in [0.25, 0.3) is 0 Å². The zero-order chi connectivity index (χ0) is 14.0. The maximum Gasteiger partial charge on any atom is 0.228 e. The zero-order valence-corrected chi connectivity index (χ0v) is 12.3. The normalized spacial score (nSPS) is 21.8. The number of carbonyl (C=O) groups excluding carboxylic acids is 1. The second kappa shape index (κ2) is 5.33. The van der Waals surface area contributed by atoms with Gasteiger partial charge in [-0.15, -0.1) is 0 Å². The average Bonchev–Trinajstić information content (AvgIpc) is 2.99. The first-order chi connectivity index (χ1) is 8.94. The number of hydrogen-bond acceptors (Lipinski definition) is 2. The second-order valence-corrected chi connectivity index (χ2v) is 6.14. The Hall–Kier alpha value is -1.35. The molecule has 1 saturated carbocycles. The van der Waals surface area contributed by atoms with Crippen molar-refractivity contribution >= 4 is 11.6 Å². The number of anilines is 1. The Balaban J connectivity index is 2.01. The molecule has 19 heavy (non-hydrogen) atoms. The van der Waals surface area contributed by atoms with Gasteiger partial charge in [-0.1, -0.05) is 32.9 Å². The molecule has 104 valence electrons. The van der Waals surface area contributed by atoms with Gasteiger partial charge < -0.3 is 10.6 Å². The third-order valence-electron chi connectivity index (χ3n) is 3.99. The lowest BCUT2D eigenvalue weighted by molar-refractivity contribution is -0.117. The van der Waals surface area contributed by atoms with Crippen LogP contribution in [0.2, 0.25) is 0 Å². The summed E-state index contributed by atoms with van der Waals surface area (Å²) in [5, 5.41) is 6.41. The first-order valence-electron chi connectivity index (χ1n) is 7.08. The number of carbonyl (C=O) groups is 1. The van der Waals surface area contributed by atoms with Crippen molar-refractivity contribution in [2.24, 2.45) is 11.3 Å². The molecule has 2 unspecified atom stereocenters. The van der Waals surface area contributed by atoms with E-state index in [2.05, 4.69) is 50.5 Å². The Kier molecular flexibility index (Phi) is 3.95. The molecule has 0 aliphatic heterocycles. The summed E-state index contributed by atoms with van der Waals surface area (Å²) < 4.78 is 0. The van der Waals surface area contributed by atoms with Crippen molar-refractivity contribution in [3.05, 3.63) is 29.8 Å². The van der Waals surface area contributed by atoms with Crippen molar-refractivity contribution in [3.8, 4) is 0 Å². The van der Waals surface area contributed by atoms with Crippen LogP contribution in [0.4, 0.5) is 5.69 Å². The molecule has 1 fully saturated rings. The predicted octanol–water partition coefficient (Wildman–Crippen LogP) is 3.34. The van der Waals surface area contributed by atoms with Gasteiger partial charge in [-0.25, -0.2) is 0 Å². The lowest BCUT2D eigenvalue weighted by Gasteiger charge is -2.14. The van der Waals surface area contributed by atoms with E-state index in [1.54, 1.807) is 0 Å². The molecule has 3 heteroatoms. The van der Waals surface area contributed by atoms with E-state index in [1.165, 1.54) is 5.56 Å². The molecule has 1 aromatic carbocycles. The monoisotopic (exact) mass is 260 g/mol. The largest absolute Gasteiger partial charge is 0.326 e. The molecule has 0 heterocycles. The molecule has 0 bridgehead atoms. The van der Waals surface area contributed by atoms with Gasteiger partial charge in [0.1, 0.15) is 0 Å². The number of nitrogens with one attached hydrogen (secondary N) is 2. The Morgan fingerprint density at radius 2 is 2.16 bits per heavy atom. The average molecular weight is 260 g/mol. The number of hydrogen-bond donors (Lipinski definition) is 2. The highest BCUT2D eigenvalue weighted by Crippen LogP contribution is 2.51. The molecule has 2 rings (SSSR count). The van der Waals surface area contributed by atoms with Gasteiger partial charge in [-0.3, -0.25) is 4.79 Å². The van der Waals surface area contributed by atoms with Gasteiger partial charge in [0, 0.05) is 17.6 Å². The van der Waals surface area contributed by atoms with E-state index < -0.39 is 0 Å². The van der Waals surface area contributed by atoms with E-state index in [-0.39, 0.29) is 17.2 Å². The number of benzene rings is 1. The molecule has 1 aromatic rings. The minimum absolute atomic E-state index is 0.151. The highest BCUT2D eigenvalue weighted by molar-refractivity contribution is 5.95. The van der Waals surface area contributed by atoms with Crippen LogP contribution in [-0.2, 0) is 4.79 Å². The fourth-order valence-electron chi connectivity index (χ4n) is 2.45. The van der Waals surface area contributed by atoms with E-state index in [9.17, 15) is 4.79 Å². The SMILES string of the molecule is CCNC(C)c1cccc(NC(=O)C2CC2(C)C)c1. The predicted molar refractivity (Wildman–Crippen MR) is 79.1 cm³/mol. The minimum atomic E-state index is 0.151. The molecule has 0 spiro atoms. The molecule has 2 N–H and O–H groups in total. The topological polar surface area (TPSA) is 41.1 Å². The molecule has 3 nitrogen and oxygen atoms in total. The Morgan fingerprint density at radius 1 is 1.47 bits per heavy atom. The third kappa shape index (κ3) is 3.35. The van der Waals surface area contributed by atoms with Crippen LogP contribution in [0.5, 0.6) is 0 Å². The summed E-state index contributed by atoms with van der Waals surface area (Å²) in [5.74, 6) is 0.320. The van der Waals surface area contributed by atoms with E-state index in [1.807, 2.05) is 12.1 Å². The van der Waals surface area contributed by atoms with Crippen LogP contribution in [0.15, 0.2) is 24.3 Å². The van der Waals surface area contributed by atoms with Crippen LogP contribution in [0.3, 0.4) is 0 Å². The Bertz CT molecular complexity index is 468. The fraction of sp³-hybridized carbons (Fsp3) is 0.562. The molecule has 1 aliphatic carbocycles. The van der Waals surface area contributed by atoms with Gasteiger partial charge in [0.15, 0.2) is 0 Å². The molecule has 0 radical (unpaired) electrons. The van der Waals surface area contributed by atoms with Crippen molar-refractivity contribution in [1.82, 2.24) is 5.32 Å². The molecular formula is C16H24N2O. The van der Waals surface area contributed by atoms with Gasteiger partial charge in [0.05, 0.1) is 0 Å². The highest BCUT2D eigenvalue weighted by Gasteiger charge is 2.50. The van der Waals surface area contributed by atoms with Gasteiger partial charge in [0.2, 0.25) is 5.91 Å². The zero-order valence-electron chi connectivity index (χ0n) is 12.3. The highest BCUT2D eigenvalue weighted by atomic mass is 16.2. The second-order valence-electron chi connectivity index (χ2n) is 6.14. The van der Waals surface area contributed by atoms with Gasteiger partial charge in [-0.05, 0) is 43.0 Å². The summed E-state index contributed by atoms with van der Waals surface area (Å²) in [4.78, 5) is 12.1. The van der Waals surface area contributed by atoms with Gasteiger partial charge in [0.25, 0.3) is 0 Å². The Labute approximate surface area is 115 Å². The summed E-state index contributed by atoms with van der Waals surface area (Å²) in [6.07, 6.45) is 0.992. The van der Waals surface area contributed by atoms with E-state index in [0.29, 0.717) is 6.04 Å². The van der Waals surface area contributed by atoms with E-state index in [4.69, 9.17) is 0 Å².